The number of esters is 1. The number of nitrogens with zero attached hydrogens (tertiary/aromatic N) is 2. The zero-order valence-corrected chi connectivity index (χ0v) is 13.2. The molecule has 0 spiro atoms. The van der Waals surface area contributed by atoms with E-state index in [4.69, 9.17) is 4.74 Å². The molecule has 1 heterocycles. The molecule has 6 nitrogen and oxygen atoms in total. The Bertz CT molecular complexity index is 510. The van der Waals surface area contributed by atoms with Crippen LogP contribution < -0.4 is 0 Å². The number of rotatable bonds is 8. The Hall–Kier alpha value is -1.85. The second-order valence-corrected chi connectivity index (χ2v) is 4.93. The van der Waals surface area contributed by atoms with Crippen LogP contribution in [0.5, 0.6) is 0 Å². The second kappa shape index (κ2) is 7.24. The van der Waals surface area contributed by atoms with Gasteiger partial charge in [0.2, 0.25) is 0 Å². The molecule has 1 N–H and O–H groups in total. The predicted octanol–water partition coefficient (Wildman–Crippen LogP) is 2.05. The lowest BCUT2D eigenvalue weighted by Gasteiger charge is -2.25. The van der Waals surface area contributed by atoms with Crippen molar-refractivity contribution in [1.29, 1.82) is 0 Å². The number of carbonyl (C=O) groups excluding carboxylic acids is 1. The van der Waals surface area contributed by atoms with Gasteiger partial charge in [-0.05, 0) is 32.8 Å². The van der Waals surface area contributed by atoms with Gasteiger partial charge >= 0.3 is 11.9 Å². The van der Waals surface area contributed by atoms with Crippen LogP contribution in [0.1, 0.15) is 45.5 Å². The highest BCUT2D eigenvalue weighted by molar-refractivity contribution is 5.99. The number of carboxylic acid groups (broad SMARTS) is 1. The van der Waals surface area contributed by atoms with Crippen LogP contribution in [0.4, 0.5) is 0 Å². The summed E-state index contributed by atoms with van der Waals surface area (Å²) in [7, 11) is 0. The molecule has 0 aliphatic heterocycles. The van der Waals surface area contributed by atoms with Crippen LogP contribution >= 0.6 is 0 Å². The summed E-state index contributed by atoms with van der Waals surface area (Å²) in [5, 5.41) is 14.0. The van der Waals surface area contributed by atoms with Crippen LogP contribution in [0.15, 0.2) is 6.07 Å². The fourth-order valence-electron chi connectivity index (χ4n) is 2.34. The van der Waals surface area contributed by atoms with Crippen LogP contribution in [0, 0.1) is 5.41 Å². The van der Waals surface area contributed by atoms with Gasteiger partial charge in [0, 0.05) is 18.7 Å². The van der Waals surface area contributed by atoms with Gasteiger partial charge in [0.15, 0.2) is 5.41 Å². The molecule has 118 valence electrons. The van der Waals surface area contributed by atoms with Crippen molar-refractivity contribution in [2.45, 2.75) is 53.5 Å². The molecule has 0 aliphatic rings. The Morgan fingerprint density at radius 3 is 2.43 bits per heavy atom. The number of ether oxygens (including phenoxy) is 1. The molecule has 1 rings (SSSR count). The molecule has 0 saturated heterocycles. The van der Waals surface area contributed by atoms with Gasteiger partial charge in [-0.2, -0.15) is 5.10 Å². The summed E-state index contributed by atoms with van der Waals surface area (Å²) in [6.45, 7) is 8.10. The average molecular weight is 296 g/mol. The third-order valence-corrected chi connectivity index (χ3v) is 3.74. The molecule has 0 saturated carbocycles. The number of carbonyl (C=O) groups is 2. The normalized spacial score (nSPS) is 13.7. The van der Waals surface area contributed by atoms with Gasteiger partial charge in [-0.25, -0.2) is 0 Å². The van der Waals surface area contributed by atoms with Crippen molar-refractivity contribution in [2.24, 2.45) is 5.41 Å². The van der Waals surface area contributed by atoms with Gasteiger partial charge in [0.25, 0.3) is 0 Å². The zero-order valence-electron chi connectivity index (χ0n) is 13.2. The fourth-order valence-corrected chi connectivity index (χ4v) is 2.34. The number of aryl methyl sites for hydroxylation is 2. The number of hydrogen-bond acceptors (Lipinski definition) is 4. The summed E-state index contributed by atoms with van der Waals surface area (Å²) in [5.74, 6) is -1.83. The molecule has 1 aromatic heterocycles. The monoisotopic (exact) mass is 296 g/mol. The largest absolute Gasteiger partial charge is 0.480 e. The molecule has 6 heteroatoms. The summed E-state index contributed by atoms with van der Waals surface area (Å²) in [6.07, 6.45) is 1.04. The van der Waals surface area contributed by atoms with Gasteiger partial charge in [-0.1, -0.05) is 13.8 Å². The Kier molecular flexibility index (Phi) is 5.93. The maximum absolute atomic E-state index is 12.2. The van der Waals surface area contributed by atoms with E-state index in [9.17, 15) is 14.7 Å². The van der Waals surface area contributed by atoms with Crippen LogP contribution in [0.2, 0.25) is 0 Å². The minimum absolute atomic E-state index is 0.0957. The van der Waals surface area contributed by atoms with Crippen molar-refractivity contribution < 1.29 is 19.4 Å². The first-order chi connectivity index (χ1) is 9.94. The third-order valence-electron chi connectivity index (χ3n) is 3.74. The fraction of sp³-hybridized carbons (Fsp3) is 0.667. The minimum atomic E-state index is -1.55. The summed E-state index contributed by atoms with van der Waals surface area (Å²) in [5.41, 5.74) is 0.103. The van der Waals surface area contributed by atoms with Crippen molar-refractivity contribution in [1.82, 2.24) is 9.78 Å². The lowest BCUT2D eigenvalue weighted by molar-refractivity contribution is -0.169. The van der Waals surface area contributed by atoms with E-state index in [-0.39, 0.29) is 19.4 Å². The first-order valence-corrected chi connectivity index (χ1v) is 7.41. The molecule has 1 aromatic rings. The van der Waals surface area contributed by atoms with Crippen LogP contribution in [0.3, 0.4) is 0 Å². The van der Waals surface area contributed by atoms with E-state index in [0.717, 1.165) is 17.8 Å². The lowest BCUT2D eigenvalue weighted by atomic mass is 9.80. The smallest absolute Gasteiger partial charge is 0.323 e. The molecule has 1 atom stereocenters. The maximum atomic E-state index is 12.2. The number of aliphatic carboxylic acids is 1. The molecular formula is C15H24N2O4. The second-order valence-electron chi connectivity index (χ2n) is 4.93. The number of hydrogen-bond donors (Lipinski definition) is 1. The maximum Gasteiger partial charge on any atom is 0.323 e. The van der Waals surface area contributed by atoms with Gasteiger partial charge in [-0.3, -0.25) is 14.3 Å². The van der Waals surface area contributed by atoms with Crippen molar-refractivity contribution in [2.75, 3.05) is 6.61 Å². The summed E-state index contributed by atoms with van der Waals surface area (Å²) >= 11 is 0. The van der Waals surface area contributed by atoms with Crippen molar-refractivity contribution in [3.8, 4) is 0 Å². The van der Waals surface area contributed by atoms with Crippen molar-refractivity contribution >= 4 is 11.9 Å². The van der Waals surface area contributed by atoms with E-state index < -0.39 is 17.4 Å². The molecular weight excluding hydrogens is 272 g/mol. The standard InChI is InChI=1S/C15H24N2O4/c1-5-11-9-12(17(7-3)16-11)10-15(6-2,13(18)19)14(20)21-8-4/h9H,5-8,10H2,1-4H3,(H,18,19). The average Bonchev–Trinajstić information content (AvgIpc) is 2.86. The van der Waals surface area contributed by atoms with E-state index in [0.29, 0.717) is 6.54 Å². The van der Waals surface area contributed by atoms with E-state index in [1.807, 2.05) is 19.9 Å². The highest BCUT2D eigenvalue weighted by Gasteiger charge is 2.47. The van der Waals surface area contributed by atoms with Gasteiger partial charge < -0.3 is 9.84 Å². The van der Waals surface area contributed by atoms with Gasteiger partial charge in [-0.15, -0.1) is 0 Å². The number of carboxylic acids is 1. The lowest BCUT2D eigenvalue weighted by Crippen LogP contribution is -2.42. The molecule has 0 aromatic carbocycles. The zero-order chi connectivity index (χ0) is 16.0. The summed E-state index contributed by atoms with van der Waals surface area (Å²) in [6, 6.07) is 1.87. The third kappa shape index (κ3) is 3.43. The summed E-state index contributed by atoms with van der Waals surface area (Å²) in [4.78, 5) is 23.9. The molecule has 0 amide bonds. The summed E-state index contributed by atoms with van der Waals surface area (Å²) < 4.78 is 6.74. The Balaban J connectivity index is 3.20. The van der Waals surface area contributed by atoms with E-state index in [2.05, 4.69) is 5.10 Å². The SMILES string of the molecule is CCOC(=O)C(CC)(Cc1cc(CC)nn1CC)C(=O)O. The molecule has 0 aliphatic carbocycles. The van der Waals surface area contributed by atoms with Crippen LogP contribution in [-0.4, -0.2) is 33.4 Å². The highest BCUT2D eigenvalue weighted by atomic mass is 16.5. The van der Waals surface area contributed by atoms with Gasteiger partial charge in [0.1, 0.15) is 0 Å². The van der Waals surface area contributed by atoms with E-state index in [1.165, 1.54) is 0 Å². The Morgan fingerprint density at radius 1 is 1.33 bits per heavy atom. The Labute approximate surface area is 125 Å². The first kappa shape index (κ1) is 17.2. The topological polar surface area (TPSA) is 81.4 Å². The van der Waals surface area contributed by atoms with Crippen LogP contribution in [0.25, 0.3) is 0 Å². The minimum Gasteiger partial charge on any atom is -0.480 e. The Morgan fingerprint density at radius 2 is 2.00 bits per heavy atom. The quantitative estimate of drug-likeness (QED) is 0.586. The molecule has 0 fully saturated rings. The first-order valence-electron chi connectivity index (χ1n) is 7.41. The predicted molar refractivity (Wildman–Crippen MR) is 78.0 cm³/mol. The van der Waals surface area contributed by atoms with E-state index >= 15 is 0 Å². The van der Waals surface area contributed by atoms with E-state index in [1.54, 1.807) is 18.5 Å². The molecule has 1 unspecified atom stereocenters. The molecule has 0 radical (unpaired) electrons. The molecule has 0 bridgehead atoms. The highest BCUT2D eigenvalue weighted by Crippen LogP contribution is 2.30. The van der Waals surface area contributed by atoms with Crippen molar-refractivity contribution in [3.05, 3.63) is 17.5 Å². The van der Waals surface area contributed by atoms with Gasteiger partial charge in [0.05, 0.1) is 12.3 Å². The number of aromatic nitrogens is 2. The van der Waals surface area contributed by atoms with Crippen molar-refractivity contribution in [3.63, 3.8) is 0 Å². The molecule has 21 heavy (non-hydrogen) atoms. The van der Waals surface area contributed by atoms with Crippen LogP contribution in [-0.2, 0) is 33.7 Å².